The van der Waals surface area contributed by atoms with Crippen LogP contribution in [-0.4, -0.2) is 64.7 Å². The van der Waals surface area contributed by atoms with E-state index in [0.717, 1.165) is 43.6 Å². The van der Waals surface area contributed by atoms with Gasteiger partial charge in [0.05, 0.1) is 24.4 Å². The van der Waals surface area contributed by atoms with E-state index in [1.54, 1.807) is 11.1 Å². The van der Waals surface area contributed by atoms with Gasteiger partial charge in [0.25, 0.3) is 11.8 Å². The zero-order chi connectivity index (χ0) is 22.9. The second-order valence-corrected chi connectivity index (χ2v) is 8.55. The molecule has 172 valence electrons. The van der Waals surface area contributed by atoms with Crippen LogP contribution >= 0.6 is 0 Å². The fourth-order valence-corrected chi connectivity index (χ4v) is 4.62. The summed E-state index contributed by atoms with van der Waals surface area (Å²) in [5.74, 6) is 1.05. The van der Waals surface area contributed by atoms with E-state index in [9.17, 15) is 15.2 Å². The highest BCUT2D eigenvalue weighted by Gasteiger charge is 2.33. The third-order valence-corrected chi connectivity index (χ3v) is 6.29. The molecule has 11 heteroatoms. The molecule has 2 aliphatic heterocycles. The molecule has 0 aromatic carbocycles. The third-order valence-electron chi connectivity index (χ3n) is 6.29. The van der Waals surface area contributed by atoms with Gasteiger partial charge in [-0.3, -0.25) is 9.78 Å². The summed E-state index contributed by atoms with van der Waals surface area (Å²) in [7, 11) is 0. The molecule has 0 spiro atoms. The molecule has 1 amide bonds. The number of aryl methyl sites for hydroxylation is 1. The van der Waals surface area contributed by atoms with E-state index in [1.165, 1.54) is 11.8 Å². The average molecular weight is 451 g/mol. The van der Waals surface area contributed by atoms with Crippen molar-refractivity contribution in [3.8, 4) is 11.9 Å². The van der Waals surface area contributed by atoms with Crippen molar-refractivity contribution in [1.82, 2.24) is 20.3 Å². The zero-order valence-corrected chi connectivity index (χ0v) is 18.2. The minimum absolute atomic E-state index is 0.0888. The Kier molecular flexibility index (Phi) is 5.80. The molecule has 11 nitrogen and oxygen atoms in total. The predicted octanol–water partition coefficient (Wildman–Crippen LogP) is 0.258. The number of nitriles is 1. The van der Waals surface area contributed by atoms with E-state index < -0.39 is 6.41 Å². The number of aliphatic hydroxyl groups is 1. The SMILES string of the molecule is Cc1ncc(C#N)c2c1CC(CNCCC1CN(c3cnc4c(n3)NC(=O)CO4)C(O)O1)C2. The summed E-state index contributed by atoms with van der Waals surface area (Å²) in [6.45, 7) is 3.94. The Morgan fingerprint density at radius 1 is 1.33 bits per heavy atom. The number of amides is 1. The van der Waals surface area contributed by atoms with Gasteiger partial charge in [-0.1, -0.05) is 0 Å². The largest absolute Gasteiger partial charge is 0.465 e. The summed E-state index contributed by atoms with van der Waals surface area (Å²) < 4.78 is 10.9. The molecule has 2 aromatic rings. The average Bonchev–Trinajstić information content (AvgIpc) is 3.40. The molecule has 3 unspecified atom stereocenters. The Morgan fingerprint density at radius 3 is 3.03 bits per heavy atom. The number of fused-ring (bicyclic) bond motifs is 2. The maximum Gasteiger partial charge on any atom is 0.263 e. The minimum Gasteiger partial charge on any atom is -0.465 e. The minimum atomic E-state index is -1.13. The van der Waals surface area contributed by atoms with Crippen LogP contribution in [-0.2, 0) is 22.4 Å². The second-order valence-electron chi connectivity index (χ2n) is 8.55. The molecule has 5 rings (SSSR count). The van der Waals surface area contributed by atoms with Crippen molar-refractivity contribution in [3.05, 3.63) is 34.8 Å². The first-order valence-electron chi connectivity index (χ1n) is 11.0. The van der Waals surface area contributed by atoms with E-state index in [2.05, 4.69) is 31.7 Å². The number of aromatic nitrogens is 3. The van der Waals surface area contributed by atoms with Crippen LogP contribution in [0.5, 0.6) is 5.88 Å². The summed E-state index contributed by atoms with van der Waals surface area (Å²) in [4.78, 5) is 26.0. The molecule has 2 aromatic heterocycles. The number of anilines is 2. The zero-order valence-electron chi connectivity index (χ0n) is 18.2. The molecule has 1 saturated heterocycles. The second kappa shape index (κ2) is 8.90. The van der Waals surface area contributed by atoms with Crippen molar-refractivity contribution in [3.63, 3.8) is 0 Å². The standard InChI is InChI=1S/C22H25N7O4/c1-12-16-4-13(5-17(16)14(6-23)8-25-12)7-24-3-2-15-10-29(22(31)33-15)18-9-26-21-20(27-18)28-19(30)11-32-21/h8-9,13,15,22,24,31H,2-5,7,10-11H2,1H3,(H,27,28,30). The van der Waals surface area contributed by atoms with Gasteiger partial charge in [0.15, 0.2) is 18.2 Å². The normalized spacial score (nSPS) is 23.5. The molecule has 4 heterocycles. The summed E-state index contributed by atoms with van der Waals surface area (Å²) in [6.07, 6.45) is 4.40. The fourth-order valence-electron chi connectivity index (χ4n) is 4.62. The number of rotatable bonds is 6. The van der Waals surface area contributed by atoms with E-state index in [1.807, 2.05) is 6.92 Å². The molecular weight excluding hydrogens is 426 g/mol. The van der Waals surface area contributed by atoms with Gasteiger partial charge in [0, 0.05) is 11.9 Å². The van der Waals surface area contributed by atoms with E-state index in [0.29, 0.717) is 23.8 Å². The number of carbonyl (C=O) groups is 1. The molecule has 0 radical (unpaired) electrons. The maximum atomic E-state index is 11.5. The van der Waals surface area contributed by atoms with Crippen LogP contribution in [0.3, 0.4) is 0 Å². The summed E-state index contributed by atoms with van der Waals surface area (Å²) >= 11 is 0. The van der Waals surface area contributed by atoms with Crippen molar-refractivity contribution in [2.45, 2.75) is 38.7 Å². The van der Waals surface area contributed by atoms with Crippen LogP contribution in [0.2, 0.25) is 0 Å². The van der Waals surface area contributed by atoms with Gasteiger partial charge in [-0.2, -0.15) is 5.26 Å². The highest BCUT2D eigenvalue weighted by molar-refractivity contribution is 5.93. The number of hydrogen-bond acceptors (Lipinski definition) is 10. The van der Waals surface area contributed by atoms with Crippen LogP contribution in [0.1, 0.15) is 28.8 Å². The first-order valence-corrected chi connectivity index (χ1v) is 11.0. The first kappa shape index (κ1) is 21.5. The van der Waals surface area contributed by atoms with E-state index >= 15 is 0 Å². The first-order chi connectivity index (χ1) is 16.0. The van der Waals surface area contributed by atoms with Gasteiger partial charge in [-0.25, -0.2) is 9.97 Å². The molecule has 33 heavy (non-hydrogen) atoms. The molecule has 3 aliphatic rings. The van der Waals surface area contributed by atoms with Crippen molar-refractivity contribution in [1.29, 1.82) is 5.26 Å². The fraction of sp³-hybridized carbons (Fsp3) is 0.500. The van der Waals surface area contributed by atoms with Crippen molar-refractivity contribution in [2.75, 3.05) is 36.5 Å². The smallest absolute Gasteiger partial charge is 0.263 e. The lowest BCUT2D eigenvalue weighted by Gasteiger charge is -2.21. The molecule has 3 atom stereocenters. The Balaban J connectivity index is 1.11. The number of aliphatic hydroxyl groups excluding tert-OH is 1. The lowest BCUT2D eigenvalue weighted by Crippen LogP contribution is -2.32. The van der Waals surface area contributed by atoms with Gasteiger partial charge in [-0.15, -0.1) is 0 Å². The highest BCUT2D eigenvalue weighted by Crippen LogP contribution is 2.31. The predicted molar refractivity (Wildman–Crippen MR) is 116 cm³/mol. The number of carbonyl (C=O) groups excluding carboxylic acids is 1. The quantitative estimate of drug-likeness (QED) is 0.523. The summed E-state index contributed by atoms with van der Waals surface area (Å²) in [5.41, 5.74) is 4.05. The van der Waals surface area contributed by atoms with Crippen molar-refractivity contribution >= 4 is 17.5 Å². The number of nitrogens with zero attached hydrogens (tertiary/aromatic N) is 5. The van der Waals surface area contributed by atoms with Crippen LogP contribution in [0.4, 0.5) is 11.6 Å². The molecule has 0 saturated carbocycles. The highest BCUT2D eigenvalue weighted by atomic mass is 16.6. The Hall–Kier alpha value is -3.33. The van der Waals surface area contributed by atoms with Crippen LogP contribution in [0.25, 0.3) is 0 Å². The molecule has 1 aliphatic carbocycles. The number of ether oxygens (including phenoxy) is 2. The number of pyridine rings is 1. The Labute approximate surface area is 190 Å². The number of hydrogen-bond donors (Lipinski definition) is 3. The van der Waals surface area contributed by atoms with Crippen molar-refractivity contribution < 1.29 is 19.4 Å². The lowest BCUT2D eigenvalue weighted by atomic mass is 10.0. The summed E-state index contributed by atoms with van der Waals surface area (Å²) in [6, 6.07) is 2.26. The van der Waals surface area contributed by atoms with E-state index in [-0.39, 0.29) is 30.3 Å². The van der Waals surface area contributed by atoms with Crippen LogP contribution < -0.4 is 20.3 Å². The van der Waals surface area contributed by atoms with E-state index in [4.69, 9.17) is 9.47 Å². The Morgan fingerprint density at radius 2 is 2.18 bits per heavy atom. The monoisotopic (exact) mass is 451 g/mol. The molecular formula is C22H25N7O4. The molecule has 3 N–H and O–H groups in total. The van der Waals surface area contributed by atoms with Gasteiger partial charge >= 0.3 is 0 Å². The van der Waals surface area contributed by atoms with Gasteiger partial charge in [0.2, 0.25) is 6.41 Å². The maximum absolute atomic E-state index is 11.5. The molecule has 1 fully saturated rings. The van der Waals surface area contributed by atoms with Crippen LogP contribution in [0, 0.1) is 24.2 Å². The van der Waals surface area contributed by atoms with Gasteiger partial charge in [-0.05, 0) is 56.3 Å². The topological polar surface area (TPSA) is 146 Å². The molecule has 0 bridgehead atoms. The van der Waals surface area contributed by atoms with Crippen molar-refractivity contribution in [2.24, 2.45) is 5.92 Å². The van der Waals surface area contributed by atoms with Crippen LogP contribution in [0.15, 0.2) is 12.4 Å². The Bertz CT molecular complexity index is 1120. The van der Waals surface area contributed by atoms with Gasteiger partial charge < -0.3 is 30.1 Å². The van der Waals surface area contributed by atoms with Gasteiger partial charge in [0.1, 0.15) is 6.07 Å². The lowest BCUT2D eigenvalue weighted by molar-refractivity contribution is -0.118. The number of nitrogens with one attached hydrogen (secondary N) is 2. The summed E-state index contributed by atoms with van der Waals surface area (Å²) in [5, 5.41) is 25.8. The third kappa shape index (κ3) is 4.32.